The molecule has 0 radical (unpaired) electrons. The average molecular weight is 345 g/mol. The van der Waals surface area contributed by atoms with Crippen molar-refractivity contribution in [3.05, 3.63) is 51.3 Å². The number of thioether (sulfide) groups is 1. The molecule has 8 nitrogen and oxygen atoms in total. The summed E-state index contributed by atoms with van der Waals surface area (Å²) >= 11 is 1.14. The van der Waals surface area contributed by atoms with Gasteiger partial charge in [-0.25, -0.2) is 9.78 Å². The number of imidazole rings is 1. The van der Waals surface area contributed by atoms with Gasteiger partial charge in [0, 0.05) is 32.0 Å². The number of fused-ring (bicyclic) bond motifs is 1. The van der Waals surface area contributed by atoms with E-state index in [0.29, 0.717) is 10.8 Å². The van der Waals surface area contributed by atoms with E-state index in [9.17, 15) is 14.4 Å². The molecule has 0 saturated heterocycles. The van der Waals surface area contributed by atoms with Crippen LogP contribution < -0.4 is 16.6 Å². The van der Waals surface area contributed by atoms with E-state index in [1.54, 1.807) is 36.9 Å². The number of nitrogens with one attached hydrogen (secondary N) is 2. The molecular weight excluding hydrogens is 330 g/mol. The first-order chi connectivity index (χ1) is 11.5. The van der Waals surface area contributed by atoms with Crippen LogP contribution in [0.1, 0.15) is 0 Å². The number of aromatic nitrogens is 4. The Morgan fingerprint density at radius 3 is 2.71 bits per heavy atom. The van der Waals surface area contributed by atoms with Crippen molar-refractivity contribution in [1.29, 1.82) is 0 Å². The monoisotopic (exact) mass is 345 g/mol. The highest BCUT2D eigenvalue weighted by Gasteiger charge is 2.10. The largest absolute Gasteiger partial charge is 0.328 e. The number of aromatic amines is 1. The van der Waals surface area contributed by atoms with Crippen molar-refractivity contribution in [2.24, 2.45) is 14.1 Å². The van der Waals surface area contributed by atoms with Gasteiger partial charge in [-0.05, 0) is 18.2 Å². The van der Waals surface area contributed by atoms with Gasteiger partial charge in [-0.3, -0.25) is 18.7 Å². The molecule has 2 heterocycles. The zero-order valence-electron chi connectivity index (χ0n) is 13.1. The number of carbonyl (C=O) groups excluding carboxylic acids is 1. The van der Waals surface area contributed by atoms with Gasteiger partial charge < -0.3 is 10.3 Å². The molecule has 2 aromatic heterocycles. The third kappa shape index (κ3) is 3.11. The smallest absolute Gasteiger partial charge is 0.325 e. The molecule has 0 fully saturated rings. The Kier molecular flexibility index (Phi) is 4.26. The molecule has 1 amide bonds. The third-order valence-electron chi connectivity index (χ3n) is 3.54. The van der Waals surface area contributed by atoms with Crippen molar-refractivity contribution < 1.29 is 4.79 Å². The standard InChI is InChI=1S/C15H15N5O3S/c1-19-10-4-3-9(7-11(10)20(2)15(19)23)17-13(22)8-24-14-16-6-5-12(21)18-14/h3-7H,8H2,1-2H3,(H,17,22)(H,16,18,21). The van der Waals surface area contributed by atoms with Crippen LogP contribution in [0.2, 0.25) is 0 Å². The quantitative estimate of drug-likeness (QED) is 0.535. The average Bonchev–Trinajstić information content (AvgIpc) is 2.77. The van der Waals surface area contributed by atoms with E-state index in [1.807, 2.05) is 0 Å². The number of hydrogen-bond acceptors (Lipinski definition) is 5. The zero-order valence-corrected chi connectivity index (χ0v) is 13.9. The first-order valence-electron chi connectivity index (χ1n) is 7.09. The minimum absolute atomic E-state index is 0.110. The maximum Gasteiger partial charge on any atom is 0.328 e. The lowest BCUT2D eigenvalue weighted by Crippen LogP contribution is -2.19. The molecule has 0 aliphatic rings. The van der Waals surface area contributed by atoms with E-state index in [0.717, 1.165) is 22.8 Å². The normalized spacial score (nSPS) is 10.9. The topological polar surface area (TPSA) is 102 Å². The number of amides is 1. The Hall–Kier alpha value is -2.81. The number of rotatable bonds is 4. The fourth-order valence-electron chi connectivity index (χ4n) is 2.34. The molecule has 0 aliphatic carbocycles. The van der Waals surface area contributed by atoms with Crippen LogP contribution in [0.5, 0.6) is 0 Å². The summed E-state index contributed by atoms with van der Waals surface area (Å²) in [5.74, 6) is -0.120. The van der Waals surface area contributed by atoms with Crippen LogP contribution in [0.25, 0.3) is 11.0 Å². The minimum atomic E-state index is -0.261. The number of H-pyrrole nitrogens is 1. The van der Waals surface area contributed by atoms with Crippen LogP contribution in [0.15, 0.2) is 45.2 Å². The summed E-state index contributed by atoms with van der Waals surface area (Å²) in [6.45, 7) is 0. The molecule has 0 spiro atoms. The lowest BCUT2D eigenvalue weighted by atomic mass is 10.2. The SMILES string of the molecule is Cn1c(=O)n(C)c2cc(NC(=O)CSc3nccc(=O)[nH]3)ccc21. The highest BCUT2D eigenvalue weighted by Crippen LogP contribution is 2.18. The van der Waals surface area contributed by atoms with Gasteiger partial charge in [-0.1, -0.05) is 11.8 Å². The number of nitrogens with zero attached hydrogens (tertiary/aromatic N) is 3. The van der Waals surface area contributed by atoms with Crippen LogP contribution in [0, 0.1) is 0 Å². The number of anilines is 1. The van der Waals surface area contributed by atoms with E-state index in [1.165, 1.54) is 16.8 Å². The molecule has 24 heavy (non-hydrogen) atoms. The Labute approximate surface area is 140 Å². The van der Waals surface area contributed by atoms with Crippen molar-refractivity contribution in [2.45, 2.75) is 5.16 Å². The molecule has 3 rings (SSSR count). The fraction of sp³-hybridized carbons (Fsp3) is 0.200. The second-order valence-electron chi connectivity index (χ2n) is 5.18. The summed E-state index contributed by atoms with van der Waals surface area (Å²) in [7, 11) is 3.39. The van der Waals surface area contributed by atoms with E-state index in [-0.39, 0.29) is 22.9 Å². The second kappa shape index (κ2) is 6.36. The molecule has 1 aromatic carbocycles. The van der Waals surface area contributed by atoms with Gasteiger partial charge in [0.25, 0.3) is 5.56 Å². The summed E-state index contributed by atoms with van der Waals surface area (Å²) in [5, 5.41) is 3.16. The molecule has 0 aliphatic heterocycles. The second-order valence-corrected chi connectivity index (χ2v) is 6.14. The summed E-state index contributed by atoms with van der Waals surface area (Å²) in [5.41, 5.74) is 1.75. The van der Waals surface area contributed by atoms with Gasteiger partial charge in [0.2, 0.25) is 5.91 Å². The van der Waals surface area contributed by atoms with E-state index < -0.39 is 0 Å². The van der Waals surface area contributed by atoms with Crippen LogP contribution in [-0.2, 0) is 18.9 Å². The molecule has 124 valence electrons. The first kappa shape index (κ1) is 16.1. The van der Waals surface area contributed by atoms with Crippen molar-refractivity contribution in [2.75, 3.05) is 11.1 Å². The Bertz CT molecular complexity index is 1030. The van der Waals surface area contributed by atoms with Gasteiger partial charge >= 0.3 is 5.69 Å². The predicted molar refractivity (Wildman–Crippen MR) is 92.4 cm³/mol. The highest BCUT2D eigenvalue weighted by atomic mass is 32.2. The predicted octanol–water partition coefficient (Wildman–Crippen LogP) is 0.691. The number of hydrogen-bond donors (Lipinski definition) is 2. The van der Waals surface area contributed by atoms with Gasteiger partial charge in [0.15, 0.2) is 5.16 Å². The lowest BCUT2D eigenvalue weighted by molar-refractivity contribution is -0.113. The lowest BCUT2D eigenvalue weighted by Gasteiger charge is -2.05. The minimum Gasteiger partial charge on any atom is -0.325 e. The van der Waals surface area contributed by atoms with Crippen LogP contribution in [-0.4, -0.2) is 30.8 Å². The maximum absolute atomic E-state index is 12.0. The Morgan fingerprint density at radius 1 is 1.21 bits per heavy atom. The van der Waals surface area contributed by atoms with Crippen molar-refractivity contribution in [3.63, 3.8) is 0 Å². The number of aryl methyl sites for hydroxylation is 2. The summed E-state index contributed by atoms with van der Waals surface area (Å²) in [6.07, 6.45) is 1.39. The van der Waals surface area contributed by atoms with E-state index in [2.05, 4.69) is 15.3 Å². The number of benzene rings is 1. The Morgan fingerprint density at radius 2 is 1.96 bits per heavy atom. The van der Waals surface area contributed by atoms with Crippen molar-refractivity contribution in [1.82, 2.24) is 19.1 Å². The molecule has 9 heteroatoms. The molecule has 0 saturated carbocycles. The summed E-state index contributed by atoms with van der Waals surface area (Å²) in [4.78, 5) is 41.6. The molecule has 2 N–H and O–H groups in total. The molecule has 0 bridgehead atoms. The van der Waals surface area contributed by atoms with E-state index in [4.69, 9.17) is 0 Å². The third-order valence-corrected chi connectivity index (χ3v) is 4.43. The summed E-state index contributed by atoms with van der Waals surface area (Å²) in [6, 6.07) is 6.59. The molecule has 3 aromatic rings. The molecular formula is C15H15N5O3S. The molecule has 0 atom stereocenters. The van der Waals surface area contributed by atoms with Gasteiger partial charge in [0.05, 0.1) is 16.8 Å². The summed E-state index contributed by atoms with van der Waals surface area (Å²) < 4.78 is 3.08. The zero-order chi connectivity index (χ0) is 17.3. The fourth-order valence-corrected chi connectivity index (χ4v) is 2.99. The molecule has 0 unspecified atom stereocenters. The van der Waals surface area contributed by atoms with Gasteiger partial charge in [0.1, 0.15) is 0 Å². The van der Waals surface area contributed by atoms with Crippen LogP contribution in [0.3, 0.4) is 0 Å². The Balaban J connectivity index is 1.72. The van der Waals surface area contributed by atoms with Crippen LogP contribution >= 0.6 is 11.8 Å². The van der Waals surface area contributed by atoms with Gasteiger partial charge in [-0.15, -0.1) is 0 Å². The van der Waals surface area contributed by atoms with Crippen molar-refractivity contribution >= 4 is 34.4 Å². The maximum atomic E-state index is 12.0. The van der Waals surface area contributed by atoms with Crippen LogP contribution in [0.4, 0.5) is 5.69 Å². The van der Waals surface area contributed by atoms with Crippen molar-refractivity contribution in [3.8, 4) is 0 Å². The van der Waals surface area contributed by atoms with Gasteiger partial charge in [-0.2, -0.15) is 0 Å². The van der Waals surface area contributed by atoms with E-state index >= 15 is 0 Å². The number of carbonyl (C=O) groups is 1. The highest BCUT2D eigenvalue weighted by molar-refractivity contribution is 7.99. The first-order valence-corrected chi connectivity index (χ1v) is 8.08.